The van der Waals surface area contributed by atoms with Crippen molar-refractivity contribution in [3.05, 3.63) is 41.5 Å². The number of nitrogens with zero attached hydrogens (tertiary/aromatic N) is 4. The van der Waals surface area contributed by atoms with Gasteiger partial charge in [-0.2, -0.15) is 5.10 Å². The Morgan fingerprint density at radius 3 is 2.61 bits per heavy atom. The molecule has 0 amide bonds. The topological polar surface area (TPSA) is 69.6 Å². The van der Waals surface area contributed by atoms with E-state index in [-0.39, 0.29) is 22.9 Å². The molecule has 0 fully saturated rings. The number of nitrogens with two attached hydrogens (primary N) is 1. The van der Waals surface area contributed by atoms with Crippen molar-refractivity contribution in [2.75, 3.05) is 5.73 Å². The van der Waals surface area contributed by atoms with Crippen LogP contribution in [0, 0.1) is 12.7 Å². The second-order valence-electron chi connectivity index (χ2n) is 5.09. The van der Waals surface area contributed by atoms with Gasteiger partial charge in [0.25, 0.3) is 5.92 Å². The van der Waals surface area contributed by atoms with Gasteiger partial charge in [0.2, 0.25) is 0 Å². The number of hydrogen-bond donors (Lipinski definition) is 1. The van der Waals surface area contributed by atoms with Gasteiger partial charge in [-0.15, -0.1) is 0 Å². The van der Waals surface area contributed by atoms with Gasteiger partial charge in [0.1, 0.15) is 5.69 Å². The maximum absolute atomic E-state index is 13.6. The van der Waals surface area contributed by atoms with Crippen LogP contribution in [-0.4, -0.2) is 25.7 Å². The Hall–Kier alpha value is -2.64. The summed E-state index contributed by atoms with van der Waals surface area (Å²) < 4.78 is 41.9. The maximum atomic E-state index is 13.6. The van der Waals surface area contributed by atoms with E-state index >= 15 is 0 Å². The fraction of sp³-hybridized carbons (Fsp3) is 0.267. The molecule has 2 heterocycles. The molecule has 0 aliphatic rings. The zero-order valence-corrected chi connectivity index (χ0v) is 12.9. The number of aromatic nitrogens is 4. The standard InChI is InChI=1S/C15H16F3N5/c1-5-9(15(3,17)18)6-10-8(2)23(4)22-12(10)14-20-7-11(16)13(19)21-14/h5-7H,1H2,2-4H3,(H2,19,20,21)/b9-6+. The molecule has 0 atom stereocenters. The molecule has 2 N–H and O–H groups in total. The van der Waals surface area contributed by atoms with E-state index in [1.54, 1.807) is 14.0 Å². The molecule has 0 aliphatic heterocycles. The molecule has 0 aromatic carbocycles. The van der Waals surface area contributed by atoms with Crippen molar-refractivity contribution in [3.8, 4) is 11.5 Å². The molecule has 0 bridgehead atoms. The van der Waals surface area contributed by atoms with E-state index in [0.29, 0.717) is 11.3 Å². The third kappa shape index (κ3) is 3.25. The van der Waals surface area contributed by atoms with E-state index in [0.717, 1.165) is 19.2 Å². The summed E-state index contributed by atoms with van der Waals surface area (Å²) in [5, 5.41) is 4.21. The highest BCUT2D eigenvalue weighted by Gasteiger charge is 2.27. The number of allylic oxidation sites excluding steroid dienone is 2. The van der Waals surface area contributed by atoms with Gasteiger partial charge in [-0.1, -0.05) is 12.7 Å². The number of alkyl halides is 2. The van der Waals surface area contributed by atoms with Gasteiger partial charge >= 0.3 is 0 Å². The van der Waals surface area contributed by atoms with Gasteiger partial charge in [0, 0.05) is 30.8 Å². The van der Waals surface area contributed by atoms with Gasteiger partial charge in [-0.25, -0.2) is 23.1 Å². The van der Waals surface area contributed by atoms with Crippen LogP contribution >= 0.6 is 0 Å². The fourth-order valence-corrected chi connectivity index (χ4v) is 1.98. The monoisotopic (exact) mass is 323 g/mol. The van der Waals surface area contributed by atoms with E-state index in [2.05, 4.69) is 21.6 Å². The van der Waals surface area contributed by atoms with Crippen LogP contribution in [0.15, 0.2) is 24.4 Å². The molecule has 8 heteroatoms. The molecule has 2 aromatic heterocycles. The normalized spacial score (nSPS) is 12.5. The van der Waals surface area contributed by atoms with Crippen LogP contribution in [-0.2, 0) is 7.05 Å². The SMILES string of the molecule is C=C/C(=C\c1c(-c2ncc(F)c(N)n2)nn(C)c1C)C(C)(F)F. The maximum Gasteiger partial charge on any atom is 0.270 e. The largest absolute Gasteiger partial charge is 0.381 e. The Morgan fingerprint density at radius 1 is 1.43 bits per heavy atom. The molecule has 0 saturated carbocycles. The van der Waals surface area contributed by atoms with Crippen LogP contribution in [0.3, 0.4) is 0 Å². The van der Waals surface area contributed by atoms with Crippen LogP contribution in [0.25, 0.3) is 17.6 Å². The molecule has 122 valence electrons. The summed E-state index contributed by atoms with van der Waals surface area (Å²) in [5.41, 5.74) is 6.42. The van der Waals surface area contributed by atoms with E-state index < -0.39 is 11.7 Å². The molecule has 2 aromatic rings. The lowest BCUT2D eigenvalue weighted by molar-refractivity contribution is 0.0687. The second-order valence-corrected chi connectivity index (χ2v) is 5.09. The van der Waals surface area contributed by atoms with Crippen LogP contribution in [0.4, 0.5) is 19.0 Å². The quantitative estimate of drug-likeness (QED) is 0.878. The molecule has 0 radical (unpaired) electrons. The first-order valence-electron chi connectivity index (χ1n) is 6.69. The summed E-state index contributed by atoms with van der Waals surface area (Å²) >= 11 is 0. The zero-order valence-electron chi connectivity index (χ0n) is 12.9. The third-order valence-electron chi connectivity index (χ3n) is 3.39. The van der Waals surface area contributed by atoms with Gasteiger partial charge in [0.05, 0.1) is 6.20 Å². The predicted octanol–water partition coefficient (Wildman–Crippen LogP) is 3.13. The number of halogens is 3. The Kier molecular flexibility index (Phi) is 4.26. The van der Waals surface area contributed by atoms with Crippen LogP contribution in [0.2, 0.25) is 0 Å². The first-order valence-corrected chi connectivity index (χ1v) is 6.69. The zero-order chi connectivity index (χ0) is 17.4. The highest BCUT2D eigenvalue weighted by Crippen LogP contribution is 2.30. The number of hydrogen-bond acceptors (Lipinski definition) is 4. The molecule has 0 aliphatic carbocycles. The molecular weight excluding hydrogens is 307 g/mol. The minimum Gasteiger partial charge on any atom is -0.381 e. The number of rotatable bonds is 4. The average molecular weight is 323 g/mol. The smallest absolute Gasteiger partial charge is 0.270 e. The van der Waals surface area contributed by atoms with E-state index in [1.807, 2.05) is 0 Å². The Bertz CT molecular complexity index is 787. The molecule has 23 heavy (non-hydrogen) atoms. The number of nitrogen functional groups attached to an aromatic ring is 1. The highest BCUT2D eigenvalue weighted by atomic mass is 19.3. The Morgan fingerprint density at radius 2 is 2.09 bits per heavy atom. The van der Waals surface area contributed by atoms with Crippen molar-refractivity contribution in [2.45, 2.75) is 19.8 Å². The van der Waals surface area contributed by atoms with Crippen LogP contribution in [0.5, 0.6) is 0 Å². The lowest BCUT2D eigenvalue weighted by atomic mass is 10.0. The molecule has 0 saturated heterocycles. The lowest BCUT2D eigenvalue weighted by Gasteiger charge is -2.11. The van der Waals surface area contributed by atoms with Gasteiger partial charge in [0.15, 0.2) is 17.5 Å². The molecule has 0 spiro atoms. The van der Waals surface area contributed by atoms with E-state index in [4.69, 9.17) is 5.73 Å². The number of aryl methyl sites for hydroxylation is 1. The number of anilines is 1. The fourth-order valence-electron chi connectivity index (χ4n) is 1.98. The highest BCUT2D eigenvalue weighted by molar-refractivity contribution is 5.72. The third-order valence-corrected chi connectivity index (χ3v) is 3.39. The van der Waals surface area contributed by atoms with Gasteiger partial charge in [-0.05, 0) is 13.0 Å². The van der Waals surface area contributed by atoms with E-state index in [9.17, 15) is 13.2 Å². The summed E-state index contributed by atoms with van der Waals surface area (Å²) in [6, 6.07) is 0. The van der Waals surface area contributed by atoms with Crippen molar-refractivity contribution in [2.24, 2.45) is 7.05 Å². The van der Waals surface area contributed by atoms with Crippen molar-refractivity contribution < 1.29 is 13.2 Å². The molecular formula is C15H16F3N5. The van der Waals surface area contributed by atoms with Crippen molar-refractivity contribution >= 4 is 11.9 Å². The van der Waals surface area contributed by atoms with Crippen LogP contribution in [0.1, 0.15) is 18.2 Å². The van der Waals surface area contributed by atoms with Crippen LogP contribution < -0.4 is 5.73 Å². The summed E-state index contributed by atoms with van der Waals surface area (Å²) in [5.74, 6) is -4.10. The van der Waals surface area contributed by atoms with Gasteiger partial charge in [-0.3, -0.25) is 4.68 Å². The van der Waals surface area contributed by atoms with Gasteiger partial charge < -0.3 is 5.73 Å². The summed E-state index contributed by atoms with van der Waals surface area (Å²) in [6.07, 6.45) is 3.27. The first kappa shape index (κ1) is 16.7. The Labute approximate surface area is 131 Å². The van der Waals surface area contributed by atoms with Crippen molar-refractivity contribution in [3.63, 3.8) is 0 Å². The van der Waals surface area contributed by atoms with E-state index in [1.165, 1.54) is 10.8 Å². The summed E-state index contributed by atoms with van der Waals surface area (Å²) in [4.78, 5) is 7.66. The summed E-state index contributed by atoms with van der Waals surface area (Å²) in [7, 11) is 1.65. The minimum absolute atomic E-state index is 0.0571. The second kappa shape index (κ2) is 5.86. The predicted molar refractivity (Wildman–Crippen MR) is 82.1 cm³/mol. The molecule has 5 nitrogen and oxygen atoms in total. The minimum atomic E-state index is -3.07. The first-order chi connectivity index (χ1) is 10.6. The Balaban J connectivity index is 2.68. The van der Waals surface area contributed by atoms with Crippen molar-refractivity contribution in [1.82, 2.24) is 19.7 Å². The average Bonchev–Trinajstić information content (AvgIpc) is 2.74. The van der Waals surface area contributed by atoms with Crippen molar-refractivity contribution in [1.29, 1.82) is 0 Å². The lowest BCUT2D eigenvalue weighted by Crippen LogP contribution is -2.11. The molecule has 2 rings (SSSR count). The summed E-state index contributed by atoms with van der Waals surface area (Å²) in [6.45, 7) is 5.90. The molecule has 0 unspecified atom stereocenters.